The monoisotopic (exact) mass is 444 g/mol. The van der Waals surface area contributed by atoms with E-state index in [1.165, 1.54) is 76.3 Å². The summed E-state index contributed by atoms with van der Waals surface area (Å²) in [4.78, 5) is 0. The van der Waals surface area contributed by atoms with Gasteiger partial charge in [0.05, 0.1) is 5.02 Å². The molecule has 0 nitrogen and oxygen atoms in total. The molecule has 0 aromatic heterocycles. The highest BCUT2D eigenvalue weighted by Crippen LogP contribution is 2.48. The van der Waals surface area contributed by atoms with Crippen molar-refractivity contribution >= 4 is 11.6 Å². The molecule has 0 saturated heterocycles. The Hall–Kier alpha value is -1.41. The summed E-state index contributed by atoms with van der Waals surface area (Å²) in [7, 11) is 0. The largest absolute Gasteiger partial charge is 0.206 e. The van der Waals surface area contributed by atoms with Crippen molar-refractivity contribution in [3.8, 4) is 11.1 Å². The van der Waals surface area contributed by atoms with Gasteiger partial charge in [-0.25, -0.2) is 8.78 Å². The maximum Gasteiger partial charge on any atom is 0.142 e. The second kappa shape index (κ2) is 10.5. The van der Waals surface area contributed by atoms with E-state index >= 15 is 0 Å². The second-order valence-electron chi connectivity index (χ2n) is 9.93. The summed E-state index contributed by atoms with van der Waals surface area (Å²) in [6.45, 7) is 2.28. The number of fused-ring (bicyclic) bond motifs is 1. The first kappa shape index (κ1) is 22.8. The Bertz CT molecular complexity index is 877. The Morgan fingerprint density at radius 3 is 2.42 bits per heavy atom. The van der Waals surface area contributed by atoms with E-state index in [1.54, 1.807) is 12.1 Å². The zero-order valence-electron chi connectivity index (χ0n) is 18.7. The topological polar surface area (TPSA) is 0 Å². The minimum atomic E-state index is -0.512. The molecule has 0 amide bonds. The lowest BCUT2D eigenvalue weighted by Crippen LogP contribution is -2.30. The Morgan fingerprint density at radius 2 is 1.65 bits per heavy atom. The van der Waals surface area contributed by atoms with Crippen molar-refractivity contribution in [1.82, 2.24) is 0 Å². The molecule has 31 heavy (non-hydrogen) atoms. The minimum absolute atomic E-state index is 0.0632. The smallest absolute Gasteiger partial charge is 0.142 e. The molecule has 0 spiro atoms. The summed E-state index contributed by atoms with van der Waals surface area (Å²) in [5.41, 5.74) is 2.08. The lowest BCUT2D eigenvalue weighted by Gasteiger charge is -2.42. The van der Waals surface area contributed by atoms with E-state index in [0.717, 1.165) is 29.7 Å². The van der Waals surface area contributed by atoms with Crippen LogP contribution in [0.1, 0.15) is 89.0 Å². The number of hydrogen-bond acceptors (Lipinski definition) is 0. The Labute approximate surface area is 191 Å². The van der Waals surface area contributed by atoms with Crippen molar-refractivity contribution in [1.29, 1.82) is 0 Å². The molecule has 0 N–H and O–H groups in total. The molecule has 2 saturated carbocycles. The zero-order chi connectivity index (χ0) is 21.8. The molecule has 2 aromatic rings. The van der Waals surface area contributed by atoms with Crippen LogP contribution in [0.3, 0.4) is 0 Å². The standard InChI is InChI=1S/C28H35ClF2/c1-2-3-4-5-6-19-7-8-21-16-22(10-9-20(21)15-19)23-11-13-25(27(30)17-23)24-12-14-26(29)28(31)18-24/h11-14,17-22H,2-10,15-16H2,1H3/t19?,20-,21-,22-/m1/s1. The van der Waals surface area contributed by atoms with Gasteiger partial charge < -0.3 is 0 Å². The van der Waals surface area contributed by atoms with E-state index in [1.807, 2.05) is 6.07 Å². The van der Waals surface area contributed by atoms with Crippen LogP contribution in [0.25, 0.3) is 11.1 Å². The van der Waals surface area contributed by atoms with Crippen molar-refractivity contribution in [2.75, 3.05) is 0 Å². The van der Waals surface area contributed by atoms with Crippen molar-refractivity contribution < 1.29 is 8.78 Å². The van der Waals surface area contributed by atoms with Gasteiger partial charge in [-0.2, -0.15) is 0 Å². The molecular weight excluding hydrogens is 410 g/mol. The first-order valence-electron chi connectivity index (χ1n) is 12.3. The molecule has 3 heteroatoms. The highest BCUT2D eigenvalue weighted by Gasteiger charge is 2.35. The van der Waals surface area contributed by atoms with Gasteiger partial charge in [0.2, 0.25) is 0 Å². The lowest BCUT2D eigenvalue weighted by molar-refractivity contribution is 0.113. The third kappa shape index (κ3) is 5.51. The van der Waals surface area contributed by atoms with Gasteiger partial charge in [-0.05, 0) is 85.1 Å². The fraction of sp³-hybridized carbons (Fsp3) is 0.571. The molecule has 0 bridgehead atoms. The van der Waals surface area contributed by atoms with Crippen LogP contribution >= 0.6 is 11.6 Å². The molecule has 0 heterocycles. The maximum atomic E-state index is 14.9. The molecule has 168 valence electrons. The minimum Gasteiger partial charge on any atom is -0.206 e. The Kier molecular flexibility index (Phi) is 7.69. The first-order chi connectivity index (χ1) is 15.0. The normalized spacial score (nSPS) is 25.9. The molecule has 2 aliphatic rings. The third-order valence-electron chi connectivity index (χ3n) is 7.88. The maximum absolute atomic E-state index is 14.9. The van der Waals surface area contributed by atoms with Crippen LogP contribution in [0.2, 0.25) is 5.02 Å². The van der Waals surface area contributed by atoms with Crippen LogP contribution in [0, 0.1) is 29.4 Å². The number of rotatable bonds is 7. The summed E-state index contributed by atoms with van der Waals surface area (Å²) in [5.74, 6) is 2.29. The van der Waals surface area contributed by atoms with E-state index in [4.69, 9.17) is 11.6 Å². The summed E-state index contributed by atoms with van der Waals surface area (Å²) in [6.07, 6.45) is 14.7. The highest BCUT2D eigenvalue weighted by molar-refractivity contribution is 6.30. The molecule has 4 atom stereocenters. The van der Waals surface area contributed by atoms with Crippen LogP contribution in [-0.2, 0) is 0 Å². The molecule has 2 aromatic carbocycles. The van der Waals surface area contributed by atoms with E-state index in [2.05, 4.69) is 13.0 Å². The molecule has 4 rings (SSSR count). The quantitative estimate of drug-likeness (QED) is 0.373. The predicted molar refractivity (Wildman–Crippen MR) is 126 cm³/mol. The van der Waals surface area contributed by atoms with Gasteiger partial charge >= 0.3 is 0 Å². The summed E-state index contributed by atoms with van der Waals surface area (Å²) in [5, 5.41) is 0.0632. The zero-order valence-corrected chi connectivity index (χ0v) is 19.4. The van der Waals surface area contributed by atoms with Crippen LogP contribution in [0.5, 0.6) is 0 Å². The molecule has 0 radical (unpaired) electrons. The molecular formula is C28H35ClF2. The second-order valence-corrected chi connectivity index (χ2v) is 10.3. The Balaban J connectivity index is 1.36. The Morgan fingerprint density at radius 1 is 0.839 bits per heavy atom. The number of hydrogen-bond donors (Lipinski definition) is 0. The fourth-order valence-electron chi connectivity index (χ4n) is 6.09. The fourth-order valence-corrected chi connectivity index (χ4v) is 6.21. The van der Waals surface area contributed by atoms with Crippen molar-refractivity contribution in [3.63, 3.8) is 0 Å². The molecule has 2 aliphatic carbocycles. The predicted octanol–water partition coefficient (Wildman–Crippen LogP) is 9.56. The molecule has 2 fully saturated rings. The van der Waals surface area contributed by atoms with Crippen LogP contribution in [-0.4, -0.2) is 0 Å². The number of halogens is 3. The summed E-state index contributed by atoms with van der Waals surface area (Å²) in [6, 6.07) is 10.0. The molecule has 0 aliphatic heterocycles. The summed E-state index contributed by atoms with van der Waals surface area (Å²) < 4.78 is 28.7. The average Bonchev–Trinajstić information content (AvgIpc) is 2.78. The lowest BCUT2D eigenvalue weighted by atomic mass is 9.63. The van der Waals surface area contributed by atoms with Crippen LogP contribution < -0.4 is 0 Å². The van der Waals surface area contributed by atoms with E-state index in [9.17, 15) is 8.78 Å². The van der Waals surface area contributed by atoms with Crippen molar-refractivity contribution in [2.45, 2.75) is 83.5 Å². The van der Waals surface area contributed by atoms with Crippen molar-refractivity contribution in [3.05, 3.63) is 58.6 Å². The van der Waals surface area contributed by atoms with Gasteiger partial charge in [-0.3, -0.25) is 0 Å². The van der Waals surface area contributed by atoms with Gasteiger partial charge in [0, 0.05) is 5.56 Å². The van der Waals surface area contributed by atoms with Gasteiger partial charge in [0.1, 0.15) is 11.6 Å². The highest BCUT2D eigenvalue weighted by atomic mass is 35.5. The van der Waals surface area contributed by atoms with Gasteiger partial charge in [-0.1, -0.05) is 75.2 Å². The van der Waals surface area contributed by atoms with Gasteiger partial charge in [0.25, 0.3) is 0 Å². The van der Waals surface area contributed by atoms with E-state index < -0.39 is 5.82 Å². The SMILES string of the molecule is CCCCCCC1CC[C@@H]2C[C@H](c3ccc(-c4ccc(Cl)c(F)c4)c(F)c3)CC[C@@H]2C1. The third-order valence-corrected chi connectivity index (χ3v) is 8.19. The first-order valence-corrected chi connectivity index (χ1v) is 12.7. The van der Waals surface area contributed by atoms with Gasteiger partial charge in [-0.15, -0.1) is 0 Å². The van der Waals surface area contributed by atoms with E-state index in [0.29, 0.717) is 17.0 Å². The van der Waals surface area contributed by atoms with Crippen LogP contribution in [0.4, 0.5) is 8.78 Å². The van der Waals surface area contributed by atoms with E-state index in [-0.39, 0.29) is 10.8 Å². The van der Waals surface area contributed by atoms with Crippen molar-refractivity contribution in [2.24, 2.45) is 17.8 Å². The van der Waals surface area contributed by atoms with Gasteiger partial charge in [0.15, 0.2) is 0 Å². The number of unbranched alkanes of at least 4 members (excludes halogenated alkanes) is 3. The van der Waals surface area contributed by atoms with Crippen LogP contribution in [0.15, 0.2) is 36.4 Å². The average molecular weight is 445 g/mol. The summed E-state index contributed by atoms with van der Waals surface area (Å²) >= 11 is 5.77. The number of benzene rings is 2. The molecule has 1 unspecified atom stereocenters.